The number of aromatic amines is 1. The van der Waals surface area contributed by atoms with E-state index in [1.54, 1.807) is 4.68 Å². The van der Waals surface area contributed by atoms with Gasteiger partial charge in [-0.1, -0.05) is 6.92 Å². The van der Waals surface area contributed by atoms with E-state index in [1.807, 2.05) is 35.8 Å². The highest BCUT2D eigenvalue weighted by Gasteiger charge is 2.08. The van der Waals surface area contributed by atoms with Crippen LogP contribution in [-0.4, -0.2) is 19.7 Å². The molecule has 0 amide bonds. The first-order chi connectivity index (χ1) is 8.61. The fourth-order valence-corrected chi connectivity index (χ4v) is 2.20. The normalized spacial score (nSPS) is 10.6. The summed E-state index contributed by atoms with van der Waals surface area (Å²) in [5, 5.41) is 7.53. The predicted octanol–water partition coefficient (Wildman–Crippen LogP) is 1.28. The average molecular weight is 359 g/mol. The van der Waals surface area contributed by atoms with Gasteiger partial charge in [0.2, 0.25) is 0 Å². The number of aromatic nitrogens is 4. The summed E-state index contributed by atoms with van der Waals surface area (Å²) in [6.07, 6.45) is 4.26. The Balaban J connectivity index is 2.16. The van der Waals surface area contributed by atoms with Gasteiger partial charge in [0.15, 0.2) is 0 Å². The number of aryl methyl sites for hydroxylation is 2. The highest BCUT2D eigenvalue weighted by atomic mass is 127. The van der Waals surface area contributed by atoms with E-state index in [-0.39, 0.29) is 5.56 Å². The summed E-state index contributed by atoms with van der Waals surface area (Å²) >= 11 is 1.98. The van der Waals surface area contributed by atoms with Crippen molar-refractivity contribution in [2.75, 3.05) is 5.32 Å². The van der Waals surface area contributed by atoms with Crippen molar-refractivity contribution >= 4 is 28.4 Å². The molecule has 2 heterocycles. The van der Waals surface area contributed by atoms with E-state index < -0.39 is 0 Å². The van der Waals surface area contributed by atoms with Gasteiger partial charge >= 0.3 is 0 Å². The van der Waals surface area contributed by atoms with Crippen molar-refractivity contribution in [2.24, 2.45) is 7.05 Å². The summed E-state index contributed by atoms with van der Waals surface area (Å²) in [6, 6.07) is 0. The van der Waals surface area contributed by atoms with Crippen LogP contribution >= 0.6 is 22.6 Å². The van der Waals surface area contributed by atoms with Gasteiger partial charge in [-0.25, -0.2) is 4.98 Å². The van der Waals surface area contributed by atoms with E-state index in [1.165, 1.54) is 6.33 Å². The highest BCUT2D eigenvalue weighted by Crippen LogP contribution is 2.13. The summed E-state index contributed by atoms with van der Waals surface area (Å²) < 4.78 is 2.36. The van der Waals surface area contributed by atoms with E-state index in [2.05, 4.69) is 27.3 Å². The fraction of sp³-hybridized carbons (Fsp3) is 0.364. The Hall–Kier alpha value is -1.38. The molecular weight excluding hydrogens is 345 g/mol. The van der Waals surface area contributed by atoms with Gasteiger partial charge in [0, 0.05) is 25.4 Å². The van der Waals surface area contributed by atoms with Gasteiger partial charge in [0.1, 0.15) is 9.39 Å². The van der Waals surface area contributed by atoms with Crippen molar-refractivity contribution in [1.29, 1.82) is 0 Å². The minimum Gasteiger partial charge on any atom is -0.365 e. The molecule has 0 fully saturated rings. The van der Waals surface area contributed by atoms with Crippen molar-refractivity contribution in [3.8, 4) is 0 Å². The van der Waals surface area contributed by atoms with Gasteiger partial charge in [-0.2, -0.15) is 5.10 Å². The zero-order valence-electron chi connectivity index (χ0n) is 10.2. The molecule has 0 aliphatic rings. The number of hydrogen-bond donors (Lipinski definition) is 2. The van der Waals surface area contributed by atoms with E-state index >= 15 is 0 Å². The van der Waals surface area contributed by atoms with Gasteiger partial charge in [0.25, 0.3) is 5.56 Å². The third kappa shape index (κ3) is 2.71. The molecule has 0 unspecified atom stereocenters. The van der Waals surface area contributed by atoms with Crippen LogP contribution in [0, 0.1) is 3.57 Å². The van der Waals surface area contributed by atoms with E-state index in [9.17, 15) is 4.79 Å². The van der Waals surface area contributed by atoms with Crippen LogP contribution < -0.4 is 10.9 Å². The van der Waals surface area contributed by atoms with Gasteiger partial charge in [0.05, 0.1) is 12.0 Å². The van der Waals surface area contributed by atoms with Crippen LogP contribution in [0.1, 0.15) is 18.2 Å². The van der Waals surface area contributed by atoms with Gasteiger partial charge < -0.3 is 10.3 Å². The maximum atomic E-state index is 11.4. The van der Waals surface area contributed by atoms with Crippen molar-refractivity contribution in [1.82, 2.24) is 19.7 Å². The minimum absolute atomic E-state index is 0.130. The highest BCUT2D eigenvalue weighted by molar-refractivity contribution is 14.1. The van der Waals surface area contributed by atoms with Crippen LogP contribution in [0.4, 0.5) is 5.82 Å². The molecule has 0 bridgehead atoms. The number of H-pyrrole nitrogens is 1. The lowest BCUT2D eigenvalue weighted by Gasteiger charge is -2.06. The van der Waals surface area contributed by atoms with Crippen molar-refractivity contribution in [3.63, 3.8) is 0 Å². The fourth-order valence-electron chi connectivity index (χ4n) is 1.71. The molecule has 0 spiro atoms. The minimum atomic E-state index is -0.130. The second-order valence-electron chi connectivity index (χ2n) is 3.88. The first-order valence-corrected chi connectivity index (χ1v) is 6.68. The third-order valence-electron chi connectivity index (χ3n) is 2.57. The second-order valence-corrected chi connectivity index (χ2v) is 4.95. The number of nitrogens with one attached hydrogen (secondary N) is 2. The molecule has 0 aliphatic carbocycles. The molecular formula is C11H14IN5O. The van der Waals surface area contributed by atoms with Crippen LogP contribution in [-0.2, 0) is 20.0 Å². The molecule has 0 radical (unpaired) electrons. The summed E-state index contributed by atoms with van der Waals surface area (Å²) in [5.74, 6) is 0.602. The lowest BCUT2D eigenvalue weighted by atomic mass is 10.2. The first kappa shape index (κ1) is 13.1. The molecule has 0 atom stereocenters. The Morgan fingerprint density at radius 1 is 1.56 bits per heavy atom. The molecule has 0 aromatic carbocycles. The third-order valence-corrected chi connectivity index (χ3v) is 3.57. The van der Waals surface area contributed by atoms with Crippen LogP contribution in [0.2, 0.25) is 0 Å². The summed E-state index contributed by atoms with van der Waals surface area (Å²) in [7, 11) is 1.90. The summed E-state index contributed by atoms with van der Waals surface area (Å²) in [6.45, 7) is 2.69. The maximum absolute atomic E-state index is 11.4. The molecule has 96 valence electrons. The summed E-state index contributed by atoms with van der Waals surface area (Å²) in [4.78, 5) is 18.1. The number of hydrogen-bond acceptors (Lipinski definition) is 4. The molecule has 2 rings (SSSR count). The zero-order chi connectivity index (χ0) is 13.1. The van der Waals surface area contributed by atoms with E-state index in [0.29, 0.717) is 15.9 Å². The first-order valence-electron chi connectivity index (χ1n) is 5.60. The molecule has 0 saturated heterocycles. The van der Waals surface area contributed by atoms with Crippen molar-refractivity contribution < 1.29 is 0 Å². The standard InChI is InChI=1S/C11H14IN5O/c1-3-8-7(5-17(2)16-8)4-13-10-9(12)11(18)15-6-14-10/h5-6H,3-4H2,1-2H3,(H2,13,14,15,18). The predicted molar refractivity (Wildman–Crippen MR) is 77.5 cm³/mol. The monoisotopic (exact) mass is 359 g/mol. The Morgan fingerprint density at radius 3 is 3.06 bits per heavy atom. The second kappa shape index (κ2) is 5.51. The molecule has 6 nitrogen and oxygen atoms in total. The number of nitrogens with zero attached hydrogens (tertiary/aromatic N) is 3. The van der Waals surface area contributed by atoms with E-state index in [4.69, 9.17) is 0 Å². The quantitative estimate of drug-likeness (QED) is 0.807. The topological polar surface area (TPSA) is 75.6 Å². The molecule has 7 heteroatoms. The maximum Gasteiger partial charge on any atom is 0.266 e. The smallest absolute Gasteiger partial charge is 0.266 e. The van der Waals surface area contributed by atoms with Crippen LogP contribution in [0.5, 0.6) is 0 Å². The van der Waals surface area contributed by atoms with Crippen molar-refractivity contribution in [2.45, 2.75) is 19.9 Å². The lowest BCUT2D eigenvalue weighted by Crippen LogP contribution is -2.14. The van der Waals surface area contributed by atoms with Crippen LogP contribution in [0.25, 0.3) is 0 Å². The Kier molecular flexibility index (Phi) is 4.00. The number of rotatable bonds is 4. The molecule has 0 aliphatic heterocycles. The summed E-state index contributed by atoms with van der Waals surface area (Å²) in [5.41, 5.74) is 2.05. The Bertz CT molecular complexity index is 604. The van der Waals surface area contributed by atoms with Gasteiger partial charge in [-0.05, 0) is 29.0 Å². The van der Waals surface area contributed by atoms with Crippen LogP contribution in [0.3, 0.4) is 0 Å². The van der Waals surface area contributed by atoms with Crippen LogP contribution in [0.15, 0.2) is 17.3 Å². The zero-order valence-corrected chi connectivity index (χ0v) is 12.4. The molecule has 2 aromatic rings. The molecule has 2 N–H and O–H groups in total. The molecule has 2 aromatic heterocycles. The Labute approximate surface area is 118 Å². The van der Waals surface area contributed by atoms with Crippen molar-refractivity contribution in [3.05, 3.63) is 37.7 Å². The SMILES string of the molecule is CCc1nn(C)cc1CNc1nc[nH]c(=O)c1I. The number of anilines is 1. The average Bonchev–Trinajstić information content (AvgIpc) is 2.71. The van der Waals surface area contributed by atoms with Gasteiger partial charge in [-0.15, -0.1) is 0 Å². The van der Waals surface area contributed by atoms with Gasteiger partial charge in [-0.3, -0.25) is 9.48 Å². The number of halogens is 1. The van der Waals surface area contributed by atoms with E-state index in [0.717, 1.165) is 17.7 Å². The molecule has 0 saturated carbocycles. The lowest BCUT2D eigenvalue weighted by molar-refractivity contribution is 0.746. The largest absolute Gasteiger partial charge is 0.365 e. The Morgan fingerprint density at radius 2 is 2.33 bits per heavy atom. The molecule has 18 heavy (non-hydrogen) atoms.